The van der Waals surface area contributed by atoms with E-state index in [9.17, 15) is 5.11 Å². The van der Waals surface area contributed by atoms with Crippen LogP contribution in [0.4, 0.5) is 0 Å². The van der Waals surface area contributed by atoms with Crippen LogP contribution in [0, 0.1) is 0 Å². The molecule has 0 aliphatic carbocycles. The number of aromatic amines is 1. The molecule has 1 aromatic heterocycles. The van der Waals surface area contributed by atoms with Gasteiger partial charge in [0.25, 0.3) is 0 Å². The molecule has 3 nitrogen and oxygen atoms in total. The third-order valence-electron chi connectivity index (χ3n) is 2.16. The summed E-state index contributed by atoms with van der Waals surface area (Å²) in [6.45, 7) is 0.628. The molecular formula is C10H12N2O. The van der Waals surface area contributed by atoms with Gasteiger partial charge in [0.05, 0.1) is 0 Å². The Morgan fingerprint density at radius 3 is 3.08 bits per heavy atom. The van der Waals surface area contributed by atoms with Crippen LogP contribution >= 0.6 is 0 Å². The Labute approximate surface area is 76.2 Å². The maximum atomic E-state index is 9.30. The van der Waals surface area contributed by atoms with Crippen molar-refractivity contribution in [1.29, 1.82) is 0 Å². The molecule has 0 saturated carbocycles. The molecule has 0 amide bonds. The monoisotopic (exact) mass is 178 g/mol. The Hall–Kier alpha value is -1.48. The van der Waals surface area contributed by atoms with Gasteiger partial charge in [-0.05, 0) is 36.7 Å². The van der Waals surface area contributed by atoms with E-state index in [1.165, 1.54) is 0 Å². The number of fused-ring (bicyclic) bond motifs is 1. The number of phenols is 1. The predicted molar refractivity (Wildman–Crippen MR) is 52.7 cm³/mol. The fourth-order valence-corrected chi connectivity index (χ4v) is 1.53. The van der Waals surface area contributed by atoms with Crippen molar-refractivity contribution in [2.75, 3.05) is 6.54 Å². The Bertz CT molecular complexity index is 420. The van der Waals surface area contributed by atoms with Crippen molar-refractivity contribution in [3.05, 3.63) is 30.0 Å². The van der Waals surface area contributed by atoms with E-state index in [0.29, 0.717) is 12.3 Å². The smallest absolute Gasteiger partial charge is 0.116 e. The number of nitrogens with two attached hydrogens (primary N) is 1. The molecule has 68 valence electrons. The first-order valence-corrected chi connectivity index (χ1v) is 4.30. The van der Waals surface area contributed by atoms with Crippen LogP contribution < -0.4 is 5.73 Å². The summed E-state index contributed by atoms with van der Waals surface area (Å²) in [5, 5.41) is 10.4. The molecule has 0 spiro atoms. The summed E-state index contributed by atoms with van der Waals surface area (Å²) >= 11 is 0. The normalized spacial score (nSPS) is 10.8. The van der Waals surface area contributed by atoms with E-state index in [2.05, 4.69) is 4.98 Å². The topological polar surface area (TPSA) is 62.0 Å². The average molecular weight is 178 g/mol. The first kappa shape index (κ1) is 8.13. The van der Waals surface area contributed by atoms with E-state index in [1.54, 1.807) is 12.1 Å². The zero-order chi connectivity index (χ0) is 9.26. The highest BCUT2D eigenvalue weighted by Gasteiger charge is 2.02. The van der Waals surface area contributed by atoms with Crippen molar-refractivity contribution in [3.8, 4) is 5.75 Å². The van der Waals surface area contributed by atoms with Gasteiger partial charge in [-0.15, -0.1) is 0 Å². The van der Waals surface area contributed by atoms with E-state index in [0.717, 1.165) is 22.9 Å². The number of hydrogen-bond acceptors (Lipinski definition) is 2. The molecule has 4 N–H and O–H groups in total. The number of hydrogen-bond donors (Lipinski definition) is 3. The van der Waals surface area contributed by atoms with Crippen molar-refractivity contribution < 1.29 is 5.11 Å². The maximum Gasteiger partial charge on any atom is 0.116 e. The van der Waals surface area contributed by atoms with Gasteiger partial charge in [-0.25, -0.2) is 0 Å². The third-order valence-corrected chi connectivity index (χ3v) is 2.16. The number of nitrogens with one attached hydrogen (secondary N) is 1. The average Bonchev–Trinajstić information content (AvgIpc) is 2.49. The first-order chi connectivity index (χ1) is 6.31. The van der Waals surface area contributed by atoms with Crippen molar-refractivity contribution in [2.24, 2.45) is 5.73 Å². The standard InChI is InChI=1S/C10H12N2O/c11-4-3-7-6-12-10-2-1-8(13)5-9(7)10/h1-2,5-6,12-13H,3-4,11H2/i3+2. The Balaban J connectivity index is 2.58. The van der Waals surface area contributed by atoms with Crippen LogP contribution in [-0.4, -0.2) is 16.6 Å². The summed E-state index contributed by atoms with van der Waals surface area (Å²) in [5.74, 6) is 0.297. The van der Waals surface area contributed by atoms with E-state index in [4.69, 9.17) is 5.73 Å². The number of aromatic nitrogens is 1. The van der Waals surface area contributed by atoms with Gasteiger partial charge >= 0.3 is 0 Å². The van der Waals surface area contributed by atoms with E-state index < -0.39 is 0 Å². The van der Waals surface area contributed by atoms with Crippen LogP contribution in [0.1, 0.15) is 5.56 Å². The van der Waals surface area contributed by atoms with Crippen LogP contribution in [0.3, 0.4) is 0 Å². The number of H-pyrrole nitrogens is 1. The lowest BCUT2D eigenvalue weighted by Gasteiger charge is -1.96. The summed E-state index contributed by atoms with van der Waals surface area (Å²) in [7, 11) is 0. The highest BCUT2D eigenvalue weighted by molar-refractivity contribution is 5.84. The Morgan fingerprint density at radius 2 is 2.31 bits per heavy atom. The largest absolute Gasteiger partial charge is 0.508 e. The summed E-state index contributed by atoms with van der Waals surface area (Å²) in [6.07, 6.45) is 2.78. The lowest BCUT2D eigenvalue weighted by Crippen LogP contribution is -2.01. The molecule has 0 fully saturated rings. The molecule has 0 radical (unpaired) electrons. The summed E-state index contributed by atoms with van der Waals surface area (Å²) < 4.78 is 0. The van der Waals surface area contributed by atoms with Gasteiger partial charge < -0.3 is 15.8 Å². The van der Waals surface area contributed by atoms with Gasteiger partial charge in [0.2, 0.25) is 0 Å². The van der Waals surface area contributed by atoms with E-state index in [-0.39, 0.29) is 0 Å². The molecule has 2 rings (SSSR count). The zero-order valence-electron chi connectivity index (χ0n) is 7.25. The molecule has 3 heteroatoms. The van der Waals surface area contributed by atoms with Crippen molar-refractivity contribution >= 4 is 10.9 Å². The molecule has 13 heavy (non-hydrogen) atoms. The van der Waals surface area contributed by atoms with Gasteiger partial charge in [0.1, 0.15) is 5.75 Å². The minimum absolute atomic E-state index is 0.297. The molecule has 0 atom stereocenters. The van der Waals surface area contributed by atoms with Gasteiger partial charge in [0, 0.05) is 17.1 Å². The summed E-state index contributed by atoms with van der Waals surface area (Å²) in [6, 6.07) is 5.30. The second-order valence-corrected chi connectivity index (χ2v) is 3.08. The quantitative estimate of drug-likeness (QED) is 0.650. The van der Waals surface area contributed by atoms with Gasteiger partial charge in [-0.3, -0.25) is 0 Å². The van der Waals surface area contributed by atoms with Crippen LogP contribution in [0.2, 0.25) is 0 Å². The lowest BCUT2D eigenvalue weighted by atomic mass is 10.2. The second-order valence-electron chi connectivity index (χ2n) is 3.08. The van der Waals surface area contributed by atoms with Crippen molar-refractivity contribution in [3.63, 3.8) is 0 Å². The summed E-state index contributed by atoms with van der Waals surface area (Å²) in [4.78, 5) is 3.13. The minimum atomic E-state index is 0.297. The number of rotatable bonds is 2. The van der Waals surface area contributed by atoms with Gasteiger partial charge in [0.15, 0.2) is 0 Å². The van der Waals surface area contributed by atoms with Crippen LogP contribution in [0.25, 0.3) is 10.9 Å². The maximum absolute atomic E-state index is 9.30. The Kier molecular flexibility index (Phi) is 1.94. The number of benzene rings is 1. The van der Waals surface area contributed by atoms with Gasteiger partial charge in [-0.1, -0.05) is 0 Å². The lowest BCUT2D eigenvalue weighted by molar-refractivity contribution is 0.476. The molecule has 0 bridgehead atoms. The van der Waals surface area contributed by atoms with Crippen molar-refractivity contribution in [2.45, 2.75) is 6.42 Å². The van der Waals surface area contributed by atoms with Crippen molar-refractivity contribution in [1.82, 2.24) is 4.98 Å². The van der Waals surface area contributed by atoms with E-state index in [1.807, 2.05) is 12.3 Å². The predicted octanol–water partition coefficient (Wildman–Crippen LogP) is 1.37. The molecule has 1 aromatic carbocycles. The third kappa shape index (κ3) is 1.38. The van der Waals surface area contributed by atoms with Gasteiger partial charge in [-0.2, -0.15) is 0 Å². The molecule has 1 heterocycles. The summed E-state index contributed by atoms with van der Waals surface area (Å²) in [5.41, 5.74) is 7.68. The molecule has 0 unspecified atom stereocenters. The first-order valence-electron chi connectivity index (χ1n) is 4.30. The number of phenolic OH excluding ortho intramolecular Hbond substituents is 1. The van der Waals surface area contributed by atoms with Crippen LogP contribution in [0.15, 0.2) is 24.4 Å². The zero-order valence-corrected chi connectivity index (χ0v) is 7.25. The second kappa shape index (κ2) is 3.11. The van der Waals surface area contributed by atoms with Crippen LogP contribution in [0.5, 0.6) is 5.75 Å². The van der Waals surface area contributed by atoms with Crippen LogP contribution in [-0.2, 0) is 6.42 Å². The Morgan fingerprint density at radius 1 is 1.46 bits per heavy atom. The van der Waals surface area contributed by atoms with E-state index >= 15 is 0 Å². The molecule has 0 aliphatic rings. The molecule has 2 aromatic rings. The fourth-order valence-electron chi connectivity index (χ4n) is 1.53. The molecule has 0 saturated heterocycles. The molecule has 0 aliphatic heterocycles. The highest BCUT2D eigenvalue weighted by Crippen LogP contribution is 2.22. The number of aromatic hydroxyl groups is 1. The molecular weight excluding hydrogens is 166 g/mol. The SMILES string of the molecule is NC[14CH2]c1c[nH]c2ccc(O)cc12. The fraction of sp³-hybridized carbons (Fsp3) is 0.200. The highest BCUT2D eigenvalue weighted by atomic mass is 16.3. The minimum Gasteiger partial charge on any atom is -0.508 e.